The molecule has 4 heteroatoms. The Morgan fingerprint density at radius 2 is 1.30 bits per heavy atom. The van der Waals surface area contributed by atoms with Crippen molar-refractivity contribution in [3.63, 3.8) is 0 Å². The van der Waals surface area contributed by atoms with Crippen LogP contribution >= 0.6 is 0 Å². The van der Waals surface area contributed by atoms with E-state index >= 15 is 0 Å². The number of rotatable bonds is 22. The maximum atomic E-state index is 13.5. The Labute approximate surface area is 246 Å². The van der Waals surface area contributed by atoms with Crippen LogP contribution < -0.4 is 4.74 Å². The molecule has 4 nitrogen and oxygen atoms in total. The maximum Gasteiger partial charge on any atom is 0.368 e. The number of carbonyl (C=O) groups is 1. The van der Waals surface area contributed by atoms with Gasteiger partial charge in [-0.3, -0.25) is 0 Å². The minimum atomic E-state index is -0.581. The number of nitrogens with zero attached hydrogens (tertiary/aromatic N) is 1. The molecule has 0 N–H and O–H groups in total. The Bertz CT molecular complexity index is 927. The van der Waals surface area contributed by atoms with Crippen molar-refractivity contribution in [3.05, 3.63) is 65.7 Å². The lowest BCUT2D eigenvalue weighted by Gasteiger charge is -2.37. The summed E-state index contributed by atoms with van der Waals surface area (Å²) in [6.07, 6.45) is 17.5. The summed E-state index contributed by atoms with van der Waals surface area (Å²) < 4.78 is 12.9. The zero-order chi connectivity index (χ0) is 29.1. The second-order valence-electron chi connectivity index (χ2n) is 12.0. The van der Waals surface area contributed by atoms with E-state index in [-0.39, 0.29) is 12.0 Å². The molecule has 0 bridgehead atoms. The Morgan fingerprint density at radius 3 is 1.90 bits per heavy atom. The molecule has 0 aliphatic rings. The first-order chi connectivity index (χ1) is 19.4. The fraction of sp³-hybridized carbons (Fsp3) is 0.639. The van der Waals surface area contributed by atoms with Gasteiger partial charge in [-0.1, -0.05) is 134 Å². The normalized spacial score (nSPS) is 13.1. The van der Waals surface area contributed by atoms with Crippen LogP contribution in [0.2, 0.25) is 0 Å². The third-order valence-corrected chi connectivity index (χ3v) is 7.97. The first-order valence-corrected chi connectivity index (χ1v) is 16.2. The highest BCUT2D eigenvalue weighted by Crippen LogP contribution is 2.25. The van der Waals surface area contributed by atoms with E-state index in [1.54, 1.807) is 0 Å². The Kier molecular flexibility index (Phi) is 16.7. The largest absolute Gasteiger partial charge is 0.455 e. The van der Waals surface area contributed by atoms with Gasteiger partial charge in [0, 0.05) is 18.4 Å². The highest BCUT2D eigenvalue weighted by molar-refractivity contribution is 5.74. The minimum Gasteiger partial charge on any atom is -0.455 e. The first-order valence-electron chi connectivity index (χ1n) is 16.2. The lowest BCUT2D eigenvalue weighted by atomic mass is 10.0. The number of benzene rings is 2. The van der Waals surface area contributed by atoms with Crippen molar-refractivity contribution in [2.45, 2.75) is 136 Å². The summed E-state index contributed by atoms with van der Waals surface area (Å²) in [5.74, 6) is 0.678. The number of quaternary nitrogens is 1. The third-order valence-electron chi connectivity index (χ3n) is 7.97. The van der Waals surface area contributed by atoms with Gasteiger partial charge >= 0.3 is 5.97 Å². The molecular formula is C36H58NO3+. The van der Waals surface area contributed by atoms with E-state index in [1.165, 1.54) is 75.3 Å². The molecule has 0 fully saturated rings. The SMILES string of the molecule is CCCCCCCCCCCCCc1ccccc1OC(CC)OC(=O)C(CCC)[N+](C)(C)Cc1ccccc1. The summed E-state index contributed by atoms with van der Waals surface area (Å²) >= 11 is 0. The first kappa shape index (κ1) is 33.9. The maximum absolute atomic E-state index is 13.5. The summed E-state index contributed by atoms with van der Waals surface area (Å²) in [5, 5.41) is 0. The standard InChI is InChI=1S/C36H58NO3/c1-6-9-10-11-12-13-14-15-16-17-21-27-32-28-22-23-29-34(32)39-35(8-3)40-36(38)33(24-7-2)37(4,5)30-31-25-19-18-20-26-31/h18-20,22-23,25-26,28-29,33,35H,6-17,21,24,27,30H2,1-5H3/q+1. The van der Waals surface area contributed by atoms with Crippen LogP contribution in [0.4, 0.5) is 0 Å². The molecule has 0 aliphatic heterocycles. The van der Waals surface area contributed by atoms with E-state index < -0.39 is 6.29 Å². The van der Waals surface area contributed by atoms with Crippen LogP contribution in [0.3, 0.4) is 0 Å². The topological polar surface area (TPSA) is 35.5 Å². The van der Waals surface area contributed by atoms with E-state index in [9.17, 15) is 4.79 Å². The van der Waals surface area contributed by atoms with Gasteiger partial charge in [0.2, 0.25) is 6.29 Å². The number of carbonyl (C=O) groups excluding carboxylic acids is 1. The average molecular weight is 553 g/mol. The van der Waals surface area contributed by atoms with E-state index in [1.807, 2.05) is 25.1 Å². The molecule has 0 radical (unpaired) electrons. The summed E-state index contributed by atoms with van der Waals surface area (Å²) in [6, 6.07) is 18.4. The van der Waals surface area contributed by atoms with Crippen molar-refractivity contribution in [2.24, 2.45) is 0 Å². The van der Waals surface area contributed by atoms with Gasteiger partial charge in [-0.05, 0) is 30.9 Å². The summed E-state index contributed by atoms with van der Waals surface area (Å²) in [5.41, 5.74) is 2.43. The van der Waals surface area contributed by atoms with Crippen molar-refractivity contribution >= 4 is 5.97 Å². The second kappa shape index (κ2) is 19.7. The number of hydrogen-bond donors (Lipinski definition) is 0. The van der Waals surface area contributed by atoms with E-state index in [0.29, 0.717) is 10.9 Å². The molecule has 40 heavy (non-hydrogen) atoms. The lowest BCUT2D eigenvalue weighted by molar-refractivity contribution is -0.920. The number of hydrogen-bond acceptors (Lipinski definition) is 3. The van der Waals surface area contributed by atoms with Crippen LogP contribution in [-0.2, 0) is 22.5 Å². The fourth-order valence-corrected chi connectivity index (χ4v) is 5.54. The van der Waals surface area contributed by atoms with Gasteiger partial charge in [0.15, 0.2) is 6.04 Å². The fourth-order valence-electron chi connectivity index (χ4n) is 5.54. The molecule has 0 aromatic heterocycles. The minimum absolute atomic E-state index is 0.169. The smallest absolute Gasteiger partial charge is 0.368 e. The lowest BCUT2D eigenvalue weighted by Crippen LogP contribution is -2.53. The predicted molar refractivity (Wildman–Crippen MR) is 168 cm³/mol. The number of aryl methyl sites for hydroxylation is 1. The van der Waals surface area contributed by atoms with Crippen molar-refractivity contribution in [1.29, 1.82) is 0 Å². The van der Waals surface area contributed by atoms with Crippen LogP contribution in [0, 0.1) is 0 Å². The number of unbranched alkanes of at least 4 members (excludes halogenated alkanes) is 10. The molecular weight excluding hydrogens is 494 g/mol. The van der Waals surface area contributed by atoms with Gasteiger partial charge in [-0.2, -0.15) is 0 Å². The predicted octanol–water partition coefficient (Wildman–Crippen LogP) is 9.64. The highest BCUT2D eigenvalue weighted by atomic mass is 16.7. The third kappa shape index (κ3) is 12.9. The van der Waals surface area contributed by atoms with Crippen LogP contribution in [0.5, 0.6) is 5.75 Å². The summed E-state index contributed by atoms with van der Waals surface area (Å²) in [6.45, 7) is 7.20. The summed E-state index contributed by atoms with van der Waals surface area (Å²) in [4.78, 5) is 13.5. The van der Waals surface area contributed by atoms with Crippen molar-refractivity contribution < 1.29 is 18.8 Å². The number of likely N-dealkylation sites (N-methyl/N-ethyl adjacent to an activating group) is 1. The van der Waals surface area contributed by atoms with Gasteiger partial charge < -0.3 is 14.0 Å². The molecule has 2 aromatic rings. The second-order valence-corrected chi connectivity index (χ2v) is 12.0. The highest BCUT2D eigenvalue weighted by Gasteiger charge is 2.37. The van der Waals surface area contributed by atoms with Gasteiger partial charge in [0.1, 0.15) is 12.3 Å². The summed E-state index contributed by atoms with van der Waals surface area (Å²) in [7, 11) is 4.25. The molecule has 0 spiro atoms. The zero-order valence-electron chi connectivity index (χ0n) is 26.3. The van der Waals surface area contributed by atoms with Crippen LogP contribution in [-0.4, -0.2) is 36.9 Å². The Balaban J connectivity index is 1.85. The molecule has 0 saturated carbocycles. The zero-order valence-corrected chi connectivity index (χ0v) is 26.3. The number of esters is 1. The van der Waals surface area contributed by atoms with Gasteiger partial charge in [-0.15, -0.1) is 0 Å². The molecule has 0 heterocycles. The molecule has 2 unspecified atom stereocenters. The van der Waals surface area contributed by atoms with E-state index in [4.69, 9.17) is 9.47 Å². The molecule has 0 saturated heterocycles. The number of ether oxygens (including phenoxy) is 2. The van der Waals surface area contributed by atoms with Gasteiger partial charge in [-0.25, -0.2) is 4.79 Å². The molecule has 2 rings (SSSR count). The van der Waals surface area contributed by atoms with Crippen LogP contribution in [0.1, 0.15) is 122 Å². The van der Waals surface area contributed by atoms with Crippen molar-refractivity contribution in [2.75, 3.05) is 14.1 Å². The van der Waals surface area contributed by atoms with Crippen LogP contribution in [0.25, 0.3) is 0 Å². The average Bonchev–Trinajstić information content (AvgIpc) is 2.95. The Morgan fingerprint density at radius 1 is 0.725 bits per heavy atom. The number of para-hydroxylation sites is 1. The molecule has 2 atom stereocenters. The molecule has 224 valence electrons. The molecule has 2 aromatic carbocycles. The van der Waals surface area contributed by atoms with Crippen molar-refractivity contribution in [1.82, 2.24) is 0 Å². The van der Waals surface area contributed by atoms with E-state index in [2.05, 4.69) is 64.3 Å². The molecule has 0 amide bonds. The van der Waals surface area contributed by atoms with Gasteiger partial charge in [0.05, 0.1) is 14.1 Å². The molecule has 0 aliphatic carbocycles. The van der Waals surface area contributed by atoms with E-state index in [0.717, 1.165) is 38.0 Å². The quantitative estimate of drug-likeness (QED) is 0.0631. The van der Waals surface area contributed by atoms with Crippen molar-refractivity contribution in [3.8, 4) is 5.75 Å². The van der Waals surface area contributed by atoms with Crippen LogP contribution in [0.15, 0.2) is 54.6 Å². The van der Waals surface area contributed by atoms with Gasteiger partial charge in [0.25, 0.3) is 0 Å². The monoisotopic (exact) mass is 552 g/mol. The Hall–Kier alpha value is -2.33.